The van der Waals surface area contributed by atoms with Gasteiger partial charge in [-0.25, -0.2) is 0 Å². The van der Waals surface area contributed by atoms with Gasteiger partial charge in [0.1, 0.15) is 0 Å². The summed E-state index contributed by atoms with van der Waals surface area (Å²) in [6, 6.07) is 0. The van der Waals surface area contributed by atoms with Crippen molar-refractivity contribution in [3.8, 4) is 0 Å². The van der Waals surface area contributed by atoms with E-state index in [1.807, 2.05) is 0 Å². The average molecular weight is 197 g/mol. The third kappa shape index (κ3) is 2.29. The first-order valence-corrected chi connectivity index (χ1v) is 6.00. The largest absolute Gasteiger partial charge is 0.380 e. The Kier molecular flexibility index (Phi) is 3.13. The van der Waals surface area contributed by atoms with Crippen molar-refractivity contribution < 1.29 is 4.74 Å². The van der Waals surface area contributed by atoms with Crippen LogP contribution >= 0.6 is 0 Å². The minimum Gasteiger partial charge on any atom is -0.380 e. The molecule has 1 spiro atoms. The van der Waals surface area contributed by atoms with E-state index >= 15 is 0 Å². The van der Waals surface area contributed by atoms with Crippen LogP contribution < -0.4 is 0 Å². The molecule has 2 aliphatic heterocycles. The normalized spacial score (nSPS) is 26.8. The maximum atomic E-state index is 5.33. The van der Waals surface area contributed by atoms with Gasteiger partial charge in [0, 0.05) is 5.41 Å². The molecule has 0 unspecified atom stereocenters. The smallest absolute Gasteiger partial charge is 0.0545 e. The van der Waals surface area contributed by atoms with Gasteiger partial charge in [0.2, 0.25) is 0 Å². The Morgan fingerprint density at radius 1 is 1.21 bits per heavy atom. The second kappa shape index (κ2) is 4.19. The molecule has 2 heterocycles. The van der Waals surface area contributed by atoms with Gasteiger partial charge in [-0.05, 0) is 44.8 Å². The highest BCUT2D eigenvalue weighted by Crippen LogP contribution is 2.38. The van der Waals surface area contributed by atoms with E-state index in [-0.39, 0.29) is 0 Å². The van der Waals surface area contributed by atoms with Crippen molar-refractivity contribution in [3.63, 3.8) is 0 Å². The van der Waals surface area contributed by atoms with Gasteiger partial charge in [0.25, 0.3) is 0 Å². The minimum atomic E-state index is 0.605. The van der Waals surface area contributed by atoms with Gasteiger partial charge in [0.05, 0.1) is 13.2 Å². The second-order valence-corrected chi connectivity index (χ2v) is 5.52. The number of likely N-dealkylation sites (tertiary alicyclic amines) is 1. The lowest BCUT2D eigenvalue weighted by Crippen LogP contribution is -2.51. The molecule has 2 nitrogen and oxygen atoms in total. The molecule has 0 bridgehead atoms. The highest BCUT2D eigenvalue weighted by molar-refractivity contribution is 4.90. The summed E-state index contributed by atoms with van der Waals surface area (Å²) in [5.41, 5.74) is 0.605. The molecule has 0 aromatic carbocycles. The van der Waals surface area contributed by atoms with Crippen molar-refractivity contribution in [2.45, 2.75) is 33.1 Å². The fourth-order valence-electron chi connectivity index (χ4n) is 2.37. The lowest BCUT2D eigenvalue weighted by molar-refractivity contribution is -0.139. The molecule has 0 atom stereocenters. The summed E-state index contributed by atoms with van der Waals surface area (Å²) in [5, 5.41) is 0. The molecule has 0 saturated carbocycles. The zero-order valence-corrected chi connectivity index (χ0v) is 9.59. The molecule has 0 aromatic rings. The van der Waals surface area contributed by atoms with Gasteiger partial charge < -0.3 is 9.64 Å². The molecular weight excluding hydrogens is 174 g/mol. The van der Waals surface area contributed by atoms with Crippen LogP contribution in [0.5, 0.6) is 0 Å². The Labute approximate surface area is 87.6 Å². The summed E-state index contributed by atoms with van der Waals surface area (Å²) in [6.07, 6.45) is 4.08. The van der Waals surface area contributed by atoms with E-state index in [1.54, 1.807) is 0 Å². The molecular formula is C12H23NO. The third-order valence-electron chi connectivity index (χ3n) is 3.76. The molecule has 0 aromatic heterocycles. The van der Waals surface area contributed by atoms with Gasteiger partial charge in [-0.2, -0.15) is 0 Å². The molecule has 2 aliphatic rings. The van der Waals surface area contributed by atoms with Crippen molar-refractivity contribution in [1.82, 2.24) is 4.90 Å². The van der Waals surface area contributed by atoms with E-state index in [1.165, 1.54) is 38.9 Å². The lowest BCUT2D eigenvalue weighted by atomic mass is 9.77. The van der Waals surface area contributed by atoms with E-state index < -0.39 is 0 Å². The van der Waals surface area contributed by atoms with E-state index in [0.717, 1.165) is 19.1 Å². The molecule has 82 valence electrons. The molecule has 2 fully saturated rings. The highest BCUT2D eigenvalue weighted by atomic mass is 16.5. The van der Waals surface area contributed by atoms with E-state index in [9.17, 15) is 0 Å². The van der Waals surface area contributed by atoms with Gasteiger partial charge in [-0.1, -0.05) is 13.8 Å². The van der Waals surface area contributed by atoms with Crippen LogP contribution in [-0.4, -0.2) is 37.7 Å². The first-order chi connectivity index (χ1) is 6.70. The summed E-state index contributed by atoms with van der Waals surface area (Å²) in [5.74, 6) is 0.845. The zero-order chi connectivity index (χ0) is 10.0. The monoisotopic (exact) mass is 197 g/mol. The number of hydrogen-bond donors (Lipinski definition) is 0. The van der Waals surface area contributed by atoms with E-state index in [2.05, 4.69) is 18.7 Å². The summed E-state index contributed by atoms with van der Waals surface area (Å²) >= 11 is 0. The quantitative estimate of drug-likeness (QED) is 0.687. The first kappa shape index (κ1) is 10.4. The molecule has 14 heavy (non-hydrogen) atoms. The van der Waals surface area contributed by atoms with Gasteiger partial charge >= 0.3 is 0 Å². The highest BCUT2D eigenvalue weighted by Gasteiger charge is 2.40. The van der Waals surface area contributed by atoms with Crippen LogP contribution in [0.25, 0.3) is 0 Å². The van der Waals surface area contributed by atoms with Crippen molar-refractivity contribution in [2.24, 2.45) is 11.3 Å². The van der Waals surface area contributed by atoms with Crippen molar-refractivity contribution in [2.75, 3.05) is 32.8 Å². The Morgan fingerprint density at radius 2 is 1.86 bits per heavy atom. The van der Waals surface area contributed by atoms with E-state index in [0.29, 0.717) is 5.41 Å². The number of hydrogen-bond acceptors (Lipinski definition) is 2. The Balaban J connectivity index is 1.68. The lowest BCUT2D eigenvalue weighted by Gasteiger charge is -2.47. The number of piperidine rings is 1. The first-order valence-electron chi connectivity index (χ1n) is 6.00. The summed E-state index contributed by atoms with van der Waals surface area (Å²) in [7, 11) is 0. The third-order valence-corrected chi connectivity index (χ3v) is 3.76. The summed E-state index contributed by atoms with van der Waals surface area (Å²) < 4.78 is 5.33. The minimum absolute atomic E-state index is 0.605. The molecule has 0 aliphatic carbocycles. The Hall–Kier alpha value is -0.0800. The topological polar surface area (TPSA) is 12.5 Å². The van der Waals surface area contributed by atoms with Gasteiger partial charge in [-0.3, -0.25) is 0 Å². The maximum Gasteiger partial charge on any atom is 0.0545 e. The van der Waals surface area contributed by atoms with Crippen molar-refractivity contribution >= 4 is 0 Å². The standard InChI is InChI=1S/C12H23NO/c1-11(2)3-6-13-7-4-12(5-8-13)9-14-10-12/h11H,3-10H2,1-2H3. The van der Waals surface area contributed by atoms with Crippen molar-refractivity contribution in [1.29, 1.82) is 0 Å². The predicted molar refractivity (Wildman–Crippen MR) is 58.4 cm³/mol. The molecule has 2 saturated heterocycles. The molecule has 0 radical (unpaired) electrons. The van der Waals surface area contributed by atoms with E-state index in [4.69, 9.17) is 4.74 Å². The average Bonchev–Trinajstić information content (AvgIpc) is 2.13. The van der Waals surface area contributed by atoms with Crippen LogP contribution in [0.3, 0.4) is 0 Å². The number of rotatable bonds is 3. The second-order valence-electron chi connectivity index (χ2n) is 5.52. The maximum absolute atomic E-state index is 5.33. The Morgan fingerprint density at radius 3 is 2.29 bits per heavy atom. The molecule has 0 N–H and O–H groups in total. The molecule has 2 heteroatoms. The van der Waals surface area contributed by atoms with Crippen LogP contribution in [-0.2, 0) is 4.74 Å². The Bertz CT molecular complexity index is 177. The summed E-state index contributed by atoms with van der Waals surface area (Å²) in [4.78, 5) is 2.63. The van der Waals surface area contributed by atoms with Crippen LogP contribution in [0.2, 0.25) is 0 Å². The number of nitrogens with zero attached hydrogens (tertiary/aromatic N) is 1. The fraction of sp³-hybridized carbons (Fsp3) is 1.00. The van der Waals surface area contributed by atoms with Gasteiger partial charge in [0.15, 0.2) is 0 Å². The van der Waals surface area contributed by atoms with Gasteiger partial charge in [-0.15, -0.1) is 0 Å². The van der Waals surface area contributed by atoms with Crippen LogP contribution in [0.15, 0.2) is 0 Å². The molecule has 2 rings (SSSR count). The van der Waals surface area contributed by atoms with Crippen LogP contribution in [0.1, 0.15) is 33.1 Å². The fourth-order valence-corrected chi connectivity index (χ4v) is 2.37. The van der Waals surface area contributed by atoms with Crippen LogP contribution in [0.4, 0.5) is 0 Å². The predicted octanol–water partition coefficient (Wildman–Crippen LogP) is 2.14. The zero-order valence-electron chi connectivity index (χ0n) is 9.59. The molecule has 0 amide bonds. The number of ether oxygens (including phenoxy) is 1. The van der Waals surface area contributed by atoms with Crippen molar-refractivity contribution in [3.05, 3.63) is 0 Å². The van der Waals surface area contributed by atoms with Crippen LogP contribution in [0, 0.1) is 11.3 Å². The summed E-state index contributed by atoms with van der Waals surface area (Å²) in [6.45, 7) is 10.6. The SMILES string of the molecule is CC(C)CCN1CCC2(CC1)COC2.